The first kappa shape index (κ1) is 16.4. The number of amides is 1. The summed E-state index contributed by atoms with van der Waals surface area (Å²) in [6.45, 7) is 5.28. The molecular weight excluding hydrogens is 328 g/mol. The zero-order valence-electron chi connectivity index (χ0n) is 14.8. The molecule has 3 heterocycles. The van der Waals surface area contributed by atoms with Crippen LogP contribution in [0.4, 0.5) is 0 Å². The molecule has 0 saturated heterocycles. The molecule has 0 saturated carbocycles. The van der Waals surface area contributed by atoms with Crippen molar-refractivity contribution in [2.75, 3.05) is 0 Å². The average molecular weight is 348 g/mol. The van der Waals surface area contributed by atoms with Crippen molar-refractivity contribution in [2.45, 2.75) is 33.4 Å². The molecule has 0 spiro atoms. The first-order valence-corrected chi connectivity index (χ1v) is 8.75. The molecule has 0 unspecified atom stereocenters. The van der Waals surface area contributed by atoms with Gasteiger partial charge in [-0.2, -0.15) is 0 Å². The van der Waals surface area contributed by atoms with E-state index in [2.05, 4.69) is 29.0 Å². The van der Waals surface area contributed by atoms with Gasteiger partial charge in [0.15, 0.2) is 5.76 Å². The van der Waals surface area contributed by atoms with Crippen LogP contribution >= 0.6 is 0 Å². The Bertz CT molecular complexity index is 934. The molecule has 0 fully saturated rings. The minimum Gasteiger partial charge on any atom is -0.355 e. The summed E-state index contributed by atoms with van der Waals surface area (Å²) in [4.78, 5) is 23.8. The van der Waals surface area contributed by atoms with Crippen LogP contribution in [-0.4, -0.2) is 25.9 Å². The van der Waals surface area contributed by atoms with Crippen molar-refractivity contribution in [1.82, 2.24) is 20.0 Å². The Hall–Kier alpha value is -3.02. The maximum atomic E-state index is 13.0. The number of hydrogen-bond donors (Lipinski definition) is 0. The lowest BCUT2D eigenvalue weighted by molar-refractivity contribution is 0.0750. The monoisotopic (exact) mass is 348 g/mol. The van der Waals surface area contributed by atoms with Crippen LogP contribution in [0, 0.1) is 5.92 Å². The fourth-order valence-corrected chi connectivity index (χ4v) is 3.16. The van der Waals surface area contributed by atoms with E-state index in [0.717, 1.165) is 29.1 Å². The van der Waals surface area contributed by atoms with Gasteiger partial charge in [0.05, 0.1) is 18.4 Å². The number of nitrogens with zero attached hydrogens (tertiary/aromatic N) is 4. The van der Waals surface area contributed by atoms with Crippen molar-refractivity contribution in [2.24, 2.45) is 5.92 Å². The Balaban J connectivity index is 1.56. The molecule has 3 aromatic rings. The predicted octanol–water partition coefficient (Wildman–Crippen LogP) is 3.49. The molecule has 0 bridgehead atoms. The number of benzene rings is 1. The topological polar surface area (TPSA) is 72.1 Å². The fraction of sp³-hybridized carbons (Fsp3) is 0.300. The number of fused-ring (bicyclic) bond motifs is 1. The summed E-state index contributed by atoms with van der Waals surface area (Å²) in [6.07, 6.45) is 4.17. The Labute approximate surface area is 151 Å². The average Bonchev–Trinajstić information content (AvgIpc) is 3.28. The van der Waals surface area contributed by atoms with Crippen molar-refractivity contribution in [3.63, 3.8) is 0 Å². The SMILES string of the molecule is CC(C)Cc1ncc2c(n1)CN(C(=O)c1cnoc1-c1ccccc1)C2. The highest BCUT2D eigenvalue weighted by atomic mass is 16.5. The smallest absolute Gasteiger partial charge is 0.260 e. The Morgan fingerprint density at radius 1 is 1.19 bits per heavy atom. The van der Waals surface area contributed by atoms with Crippen LogP contribution in [0.1, 0.15) is 41.3 Å². The first-order chi connectivity index (χ1) is 12.6. The maximum Gasteiger partial charge on any atom is 0.260 e. The van der Waals surface area contributed by atoms with Crippen LogP contribution in [0.2, 0.25) is 0 Å². The van der Waals surface area contributed by atoms with Crippen molar-refractivity contribution < 1.29 is 9.32 Å². The second-order valence-electron chi connectivity index (χ2n) is 6.95. The molecule has 1 amide bonds. The molecule has 0 N–H and O–H groups in total. The van der Waals surface area contributed by atoms with Gasteiger partial charge >= 0.3 is 0 Å². The molecule has 132 valence electrons. The summed E-state index contributed by atoms with van der Waals surface area (Å²) in [7, 11) is 0. The van der Waals surface area contributed by atoms with Crippen LogP contribution in [0.5, 0.6) is 0 Å². The lowest BCUT2D eigenvalue weighted by Crippen LogP contribution is -2.25. The van der Waals surface area contributed by atoms with E-state index in [1.807, 2.05) is 36.5 Å². The minimum atomic E-state index is -0.103. The molecule has 4 rings (SSSR count). The van der Waals surface area contributed by atoms with E-state index in [1.165, 1.54) is 6.20 Å². The number of carbonyl (C=O) groups is 1. The van der Waals surface area contributed by atoms with Gasteiger partial charge in [-0.1, -0.05) is 49.3 Å². The number of rotatable bonds is 4. The van der Waals surface area contributed by atoms with Gasteiger partial charge in [0, 0.05) is 30.3 Å². The third-order valence-corrected chi connectivity index (χ3v) is 4.42. The summed E-state index contributed by atoms with van der Waals surface area (Å²) in [5.74, 6) is 1.73. The van der Waals surface area contributed by atoms with Crippen LogP contribution in [0.25, 0.3) is 11.3 Å². The molecule has 2 aromatic heterocycles. The van der Waals surface area contributed by atoms with Crippen LogP contribution in [0.15, 0.2) is 47.2 Å². The highest BCUT2D eigenvalue weighted by Crippen LogP contribution is 2.28. The van der Waals surface area contributed by atoms with Gasteiger partial charge in [0.1, 0.15) is 11.4 Å². The molecule has 6 nitrogen and oxygen atoms in total. The van der Waals surface area contributed by atoms with E-state index in [4.69, 9.17) is 4.52 Å². The molecule has 1 aliphatic rings. The predicted molar refractivity (Wildman–Crippen MR) is 96.1 cm³/mol. The maximum absolute atomic E-state index is 13.0. The highest BCUT2D eigenvalue weighted by Gasteiger charge is 2.29. The Kier molecular flexibility index (Phi) is 4.24. The van der Waals surface area contributed by atoms with Crippen molar-refractivity contribution >= 4 is 5.91 Å². The van der Waals surface area contributed by atoms with E-state index >= 15 is 0 Å². The quantitative estimate of drug-likeness (QED) is 0.722. The molecule has 6 heteroatoms. The van der Waals surface area contributed by atoms with Crippen molar-refractivity contribution in [3.05, 3.63) is 65.4 Å². The molecule has 1 aromatic carbocycles. The van der Waals surface area contributed by atoms with Crippen LogP contribution < -0.4 is 0 Å². The van der Waals surface area contributed by atoms with Crippen LogP contribution in [-0.2, 0) is 19.5 Å². The molecule has 0 radical (unpaired) electrons. The van der Waals surface area contributed by atoms with Gasteiger partial charge in [0.2, 0.25) is 0 Å². The van der Waals surface area contributed by atoms with E-state index in [0.29, 0.717) is 30.3 Å². The molecule has 1 aliphatic heterocycles. The lowest BCUT2D eigenvalue weighted by Gasteiger charge is -2.14. The number of hydrogen-bond acceptors (Lipinski definition) is 5. The van der Waals surface area contributed by atoms with E-state index in [9.17, 15) is 4.79 Å². The minimum absolute atomic E-state index is 0.103. The van der Waals surface area contributed by atoms with Gasteiger partial charge in [-0.05, 0) is 5.92 Å². The first-order valence-electron chi connectivity index (χ1n) is 8.75. The highest BCUT2D eigenvalue weighted by molar-refractivity contribution is 5.99. The lowest BCUT2D eigenvalue weighted by atomic mass is 10.1. The molecule has 26 heavy (non-hydrogen) atoms. The van der Waals surface area contributed by atoms with E-state index < -0.39 is 0 Å². The Morgan fingerprint density at radius 2 is 2.00 bits per heavy atom. The van der Waals surface area contributed by atoms with E-state index in [-0.39, 0.29) is 5.91 Å². The van der Waals surface area contributed by atoms with Gasteiger partial charge < -0.3 is 9.42 Å². The van der Waals surface area contributed by atoms with Gasteiger partial charge in [0.25, 0.3) is 5.91 Å². The standard InChI is InChI=1S/C20H20N4O2/c1-13(2)8-18-21-9-15-11-24(12-17(15)23-18)20(25)16-10-22-26-19(16)14-6-4-3-5-7-14/h3-7,9-10,13H,8,11-12H2,1-2H3. The summed E-state index contributed by atoms with van der Waals surface area (Å²) in [6, 6.07) is 9.54. The zero-order valence-corrected chi connectivity index (χ0v) is 14.8. The number of carbonyl (C=O) groups excluding carboxylic acids is 1. The summed E-state index contributed by atoms with van der Waals surface area (Å²) < 4.78 is 5.35. The van der Waals surface area contributed by atoms with E-state index in [1.54, 1.807) is 4.90 Å². The summed E-state index contributed by atoms with van der Waals surface area (Å²) >= 11 is 0. The third kappa shape index (κ3) is 3.10. The fourth-order valence-electron chi connectivity index (χ4n) is 3.16. The normalized spacial score (nSPS) is 13.3. The Morgan fingerprint density at radius 3 is 2.77 bits per heavy atom. The van der Waals surface area contributed by atoms with Crippen LogP contribution in [0.3, 0.4) is 0 Å². The van der Waals surface area contributed by atoms with Gasteiger partial charge in [-0.25, -0.2) is 9.97 Å². The molecule has 0 aliphatic carbocycles. The van der Waals surface area contributed by atoms with Crippen molar-refractivity contribution in [1.29, 1.82) is 0 Å². The third-order valence-electron chi connectivity index (χ3n) is 4.42. The second kappa shape index (κ2) is 6.71. The summed E-state index contributed by atoms with van der Waals surface area (Å²) in [5, 5.41) is 3.84. The number of aromatic nitrogens is 3. The molecule has 0 atom stereocenters. The van der Waals surface area contributed by atoms with Crippen molar-refractivity contribution in [3.8, 4) is 11.3 Å². The largest absolute Gasteiger partial charge is 0.355 e. The zero-order chi connectivity index (χ0) is 18.1. The second-order valence-corrected chi connectivity index (χ2v) is 6.95. The van der Waals surface area contributed by atoms with Gasteiger partial charge in [-0.15, -0.1) is 0 Å². The summed E-state index contributed by atoms with van der Waals surface area (Å²) in [5.41, 5.74) is 3.24. The molecular formula is C20H20N4O2. The van der Waals surface area contributed by atoms with Gasteiger partial charge in [-0.3, -0.25) is 4.79 Å².